The van der Waals surface area contributed by atoms with Gasteiger partial charge < -0.3 is 19.8 Å². The number of benzene rings is 2. The van der Waals surface area contributed by atoms with E-state index in [9.17, 15) is 0 Å². The fourth-order valence-corrected chi connectivity index (χ4v) is 3.88. The molecule has 0 aliphatic heterocycles. The van der Waals surface area contributed by atoms with E-state index in [-0.39, 0.29) is 0 Å². The molecular formula is C25H19N7O2. The molecule has 9 nitrogen and oxygen atoms in total. The zero-order valence-corrected chi connectivity index (χ0v) is 18.1. The minimum Gasteiger partial charge on any atom is -0.480 e. The Hall–Kier alpha value is -4.92. The number of pyridine rings is 1. The van der Waals surface area contributed by atoms with Crippen LogP contribution in [0.4, 0.5) is 11.5 Å². The zero-order valence-electron chi connectivity index (χ0n) is 18.1. The van der Waals surface area contributed by atoms with Crippen molar-refractivity contribution >= 4 is 33.4 Å². The predicted molar refractivity (Wildman–Crippen MR) is 129 cm³/mol. The lowest BCUT2D eigenvalue weighted by molar-refractivity contribution is 0.402. The van der Waals surface area contributed by atoms with Crippen LogP contribution in [-0.2, 0) is 0 Å². The lowest BCUT2D eigenvalue weighted by Gasteiger charge is -2.10. The van der Waals surface area contributed by atoms with Crippen molar-refractivity contribution < 1.29 is 9.47 Å². The fraction of sp³-hybridized carbons (Fsp3) is 0.0400. The average Bonchev–Trinajstić information content (AvgIpc) is 3.51. The molecule has 0 unspecified atom stereocenters. The van der Waals surface area contributed by atoms with Gasteiger partial charge in [-0.3, -0.25) is 4.98 Å². The van der Waals surface area contributed by atoms with Gasteiger partial charge in [-0.2, -0.15) is 0 Å². The standard InChI is InChI=1S/C25H19N7O2/c1-33-25-21-23(31-32(24(21)28-15-29-25)18-9-11-26-12-10-18)30-17-5-3-6-19(14-17)34-20-7-2-4-16-8-13-27-22(16)20/h2-15,27H,1H3,(H,30,31). The topological polar surface area (TPSA) is 103 Å². The van der Waals surface area contributed by atoms with Crippen molar-refractivity contribution in [3.05, 3.63) is 85.6 Å². The molecule has 2 aromatic carbocycles. The fourth-order valence-electron chi connectivity index (χ4n) is 3.88. The van der Waals surface area contributed by atoms with E-state index in [0.29, 0.717) is 28.5 Å². The molecule has 2 N–H and O–H groups in total. The number of nitrogens with zero attached hydrogens (tertiary/aromatic N) is 5. The van der Waals surface area contributed by atoms with Gasteiger partial charge in [0, 0.05) is 35.7 Å². The number of nitrogens with one attached hydrogen (secondary N) is 2. The van der Waals surface area contributed by atoms with E-state index in [1.165, 1.54) is 6.33 Å². The SMILES string of the molecule is COc1ncnc2c1c(Nc1cccc(Oc3cccc4cc[nH]c34)c1)nn2-c1ccncc1. The molecule has 9 heteroatoms. The normalized spacial score (nSPS) is 11.1. The second kappa shape index (κ2) is 8.21. The molecule has 0 aliphatic carbocycles. The van der Waals surface area contributed by atoms with Crippen LogP contribution in [0.5, 0.6) is 17.4 Å². The molecule has 4 heterocycles. The number of aromatic amines is 1. The summed E-state index contributed by atoms with van der Waals surface area (Å²) in [6.07, 6.45) is 6.77. The third kappa shape index (κ3) is 3.45. The summed E-state index contributed by atoms with van der Waals surface area (Å²) in [7, 11) is 1.57. The lowest BCUT2D eigenvalue weighted by atomic mass is 10.2. The molecule has 0 spiro atoms. The second-order valence-corrected chi connectivity index (χ2v) is 7.50. The van der Waals surface area contributed by atoms with Crippen LogP contribution in [-0.4, -0.2) is 36.8 Å². The Morgan fingerprint density at radius 1 is 0.971 bits per heavy atom. The summed E-state index contributed by atoms with van der Waals surface area (Å²) < 4.78 is 13.4. The van der Waals surface area contributed by atoms with E-state index < -0.39 is 0 Å². The molecule has 0 saturated carbocycles. The van der Waals surface area contributed by atoms with Crippen molar-refractivity contribution in [3.8, 4) is 23.1 Å². The molecule has 0 atom stereocenters. The Balaban J connectivity index is 1.38. The van der Waals surface area contributed by atoms with Crippen LogP contribution in [0.2, 0.25) is 0 Å². The highest BCUT2D eigenvalue weighted by atomic mass is 16.5. The summed E-state index contributed by atoms with van der Waals surface area (Å²) in [4.78, 5) is 16.0. The lowest BCUT2D eigenvalue weighted by Crippen LogP contribution is -1.99. The van der Waals surface area contributed by atoms with Crippen LogP contribution in [0.1, 0.15) is 0 Å². The minimum atomic E-state index is 0.429. The number of ether oxygens (including phenoxy) is 2. The highest BCUT2D eigenvalue weighted by Gasteiger charge is 2.19. The largest absolute Gasteiger partial charge is 0.480 e. The summed E-state index contributed by atoms with van der Waals surface area (Å²) in [5.74, 6) is 2.43. The van der Waals surface area contributed by atoms with Crippen LogP contribution in [0.15, 0.2) is 85.6 Å². The maximum Gasteiger partial charge on any atom is 0.229 e. The summed E-state index contributed by atoms with van der Waals surface area (Å²) in [5.41, 5.74) is 3.18. The Labute approximate surface area is 194 Å². The van der Waals surface area contributed by atoms with Gasteiger partial charge in [0.2, 0.25) is 5.88 Å². The smallest absolute Gasteiger partial charge is 0.229 e. The van der Waals surface area contributed by atoms with Crippen LogP contribution in [0.3, 0.4) is 0 Å². The molecule has 34 heavy (non-hydrogen) atoms. The second-order valence-electron chi connectivity index (χ2n) is 7.50. The molecule has 6 aromatic rings. The molecule has 4 aromatic heterocycles. The van der Waals surface area contributed by atoms with Gasteiger partial charge in [0.25, 0.3) is 0 Å². The molecule has 166 valence electrons. The maximum absolute atomic E-state index is 6.18. The molecule has 0 aliphatic rings. The van der Waals surface area contributed by atoms with E-state index >= 15 is 0 Å². The number of H-pyrrole nitrogens is 1. The first kappa shape index (κ1) is 19.7. The number of methoxy groups -OCH3 is 1. The number of rotatable bonds is 6. The average molecular weight is 449 g/mol. The Bertz CT molecular complexity index is 1610. The van der Waals surface area contributed by atoms with Crippen LogP contribution in [0.25, 0.3) is 27.6 Å². The number of aromatic nitrogens is 6. The van der Waals surface area contributed by atoms with Gasteiger partial charge in [-0.25, -0.2) is 14.6 Å². The Morgan fingerprint density at radius 3 is 2.74 bits per heavy atom. The number of hydrogen-bond acceptors (Lipinski definition) is 7. The third-order valence-electron chi connectivity index (χ3n) is 5.40. The van der Waals surface area contributed by atoms with Crippen molar-refractivity contribution in [2.24, 2.45) is 0 Å². The molecule has 0 amide bonds. The van der Waals surface area contributed by atoms with Gasteiger partial charge in [-0.05, 0) is 36.4 Å². The first-order chi connectivity index (χ1) is 16.8. The van der Waals surface area contributed by atoms with Crippen LogP contribution < -0.4 is 14.8 Å². The molecule has 0 fully saturated rings. The third-order valence-corrected chi connectivity index (χ3v) is 5.40. The highest BCUT2D eigenvalue weighted by Crippen LogP contribution is 2.34. The van der Waals surface area contributed by atoms with E-state index in [0.717, 1.165) is 28.0 Å². The maximum atomic E-state index is 6.18. The monoisotopic (exact) mass is 449 g/mol. The molecular weight excluding hydrogens is 430 g/mol. The predicted octanol–water partition coefficient (Wildman–Crippen LogP) is 5.24. The quantitative estimate of drug-likeness (QED) is 0.359. The molecule has 0 radical (unpaired) electrons. The van der Waals surface area contributed by atoms with Gasteiger partial charge in [-0.1, -0.05) is 18.2 Å². The minimum absolute atomic E-state index is 0.429. The van der Waals surface area contributed by atoms with E-state index in [4.69, 9.17) is 14.6 Å². The zero-order chi connectivity index (χ0) is 22.9. The Morgan fingerprint density at radius 2 is 1.85 bits per heavy atom. The summed E-state index contributed by atoms with van der Waals surface area (Å²) in [6, 6.07) is 19.4. The molecule has 0 saturated heterocycles. The highest BCUT2D eigenvalue weighted by molar-refractivity contribution is 5.94. The van der Waals surface area contributed by atoms with Crippen molar-refractivity contribution in [2.75, 3.05) is 12.4 Å². The van der Waals surface area contributed by atoms with E-state index in [1.807, 2.05) is 66.9 Å². The van der Waals surface area contributed by atoms with Gasteiger partial charge >= 0.3 is 0 Å². The first-order valence-corrected chi connectivity index (χ1v) is 10.6. The van der Waals surface area contributed by atoms with Crippen molar-refractivity contribution in [1.82, 2.24) is 29.7 Å². The van der Waals surface area contributed by atoms with Crippen molar-refractivity contribution in [2.45, 2.75) is 0 Å². The van der Waals surface area contributed by atoms with Gasteiger partial charge in [0.1, 0.15) is 17.5 Å². The van der Waals surface area contributed by atoms with Crippen LogP contribution >= 0.6 is 0 Å². The molecule has 6 rings (SSSR count). The van der Waals surface area contributed by atoms with Gasteiger partial charge in [-0.15, -0.1) is 5.10 Å². The Kier molecular flexibility index (Phi) is 4.77. The summed E-state index contributed by atoms with van der Waals surface area (Å²) in [6.45, 7) is 0. The van der Waals surface area contributed by atoms with Gasteiger partial charge in [0.15, 0.2) is 17.2 Å². The number of para-hydroxylation sites is 1. The van der Waals surface area contributed by atoms with E-state index in [2.05, 4.69) is 25.3 Å². The summed E-state index contributed by atoms with van der Waals surface area (Å²) in [5, 5.41) is 9.90. The van der Waals surface area contributed by atoms with Crippen molar-refractivity contribution in [1.29, 1.82) is 0 Å². The van der Waals surface area contributed by atoms with Crippen LogP contribution in [0, 0.1) is 0 Å². The van der Waals surface area contributed by atoms with Gasteiger partial charge in [0.05, 0.1) is 18.3 Å². The van der Waals surface area contributed by atoms with Crippen molar-refractivity contribution in [3.63, 3.8) is 0 Å². The number of fused-ring (bicyclic) bond motifs is 2. The first-order valence-electron chi connectivity index (χ1n) is 10.6. The molecule has 0 bridgehead atoms. The number of anilines is 2. The summed E-state index contributed by atoms with van der Waals surface area (Å²) >= 11 is 0. The number of hydrogen-bond donors (Lipinski definition) is 2. The van der Waals surface area contributed by atoms with E-state index in [1.54, 1.807) is 24.2 Å².